The topological polar surface area (TPSA) is 87.5 Å². The van der Waals surface area contributed by atoms with Gasteiger partial charge in [0.1, 0.15) is 4.70 Å². The average molecular weight is 407 g/mol. The SMILES string of the molecule is CCC(CC[n+]1c(C)sc2ccccc21)N(N)c1ccc(S(=O)(=O)O)cc1. The molecule has 6 nitrogen and oxygen atoms in total. The highest BCUT2D eigenvalue weighted by molar-refractivity contribution is 7.85. The molecule has 2 aromatic carbocycles. The van der Waals surface area contributed by atoms with Crippen LogP contribution in [0.4, 0.5) is 5.69 Å². The predicted octanol–water partition coefficient (Wildman–Crippen LogP) is 3.29. The van der Waals surface area contributed by atoms with Crippen LogP contribution in [-0.4, -0.2) is 19.0 Å². The number of nitrogens with two attached hydrogens (primary N) is 1. The van der Waals surface area contributed by atoms with Crippen molar-refractivity contribution in [1.29, 1.82) is 0 Å². The molecule has 1 heterocycles. The lowest BCUT2D eigenvalue weighted by Gasteiger charge is -2.27. The zero-order chi connectivity index (χ0) is 19.6. The van der Waals surface area contributed by atoms with Gasteiger partial charge in [0.2, 0.25) is 10.5 Å². The summed E-state index contributed by atoms with van der Waals surface area (Å²) < 4.78 is 35.1. The number of nitrogens with zero attached hydrogens (tertiary/aromatic N) is 2. The summed E-state index contributed by atoms with van der Waals surface area (Å²) >= 11 is 1.78. The third kappa shape index (κ3) is 4.30. The zero-order valence-electron chi connectivity index (χ0n) is 15.4. The number of benzene rings is 2. The van der Waals surface area contributed by atoms with E-state index in [0.29, 0.717) is 5.69 Å². The summed E-state index contributed by atoms with van der Waals surface area (Å²) in [6, 6.07) is 14.4. The minimum atomic E-state index is -4.20. The Morgan fingerprint density at radius 2 is 1.85 bits per heavy atom. The van der Waals surface area contributed by atoms with E-state index >= 15 is 0 Å². The highest BCUT2D eigenvalue weighted by Crippen LogP contribution is 2.22. The van der Waals surface area contributed by atoms with Crippen LogP contribution in [0.3, 0.4) is 0 Å². The molecule has 0 spiro atoms. The van der Waals surface area contributed by atoms with Crippen LogP contribution in [0.5, 0.6) is 0 Å². The Hall–Kier alpha value is -2.00. The van der Waals surface area contributed by atoms with Crippen LogP contribution in [0.25, 0.3) is 10.2 Å². The second-order valence-corrected chi connectivity index (χ2v) is 9.12. The summed E-state index contributed by atoms with van der Waals surface area (Å²) in [5.74, 6) is 6.31. The van der Waals surface area contributed by atoms with Crippen molar-refractivity contribution in [3.05, 3.63) is 53.5 Å². The fourth-order valence-electron chi connectivity index (χ4n) is 3.25. The maximum absolute atomic E-state index is 11.2. The van der Waals surface area contributed by atoms with Gasteiger partial charge in [-0.05, 0) is 36.8 Å². The van der Waals surface area contributed by atoms with E-state index in [-0.39, 0.29) is 10.9 Å². The van der Waals surface area contributed by atoms with Crippen molar-refractivity contribution in [2.75, 3.05) is 5.01 Å². The number of hydrazine groups is 1. The van der Waals surface area contributed by atoms with Crippen LogP contribution in [0.15, 0.2) is 53.4 Å². The fraction of sp³-hybridized carbons (Fsp3) is 0.316. The average Bonchev–Trinajstić information content (AvgIpc) is 2.97. The maximum Gasteiger partial charge on any atom is 0.294 e. The van der Waals surface area contributed by atoms with E-state index in [9.17, 15) is 8.42 Å². The molecule has 0 fully saturated rings. The van der Waals surface area contributed by atoms with E-state index in [1.54, 1.807) is 28.5 Å². The molecule has 0 amide bonds. The van der Waals surface area contributed by atoms with Crippen LogP contribution in [-0.2, 0) is 16.7 Å². The monoisotopic (exact) mass is 406 g/mol. The second kappa shape index (κ2) is 7.93. The van der Waals surface area contributed by atoms with E-state index < -0.39 is 10.1 Å². The van der Waals surface area contributed by atoms with Crippen molar-refractivity contribution in [1.82, 2.24) is 0 Å². The molecule has 3 aromatic rings. The first-order chi connectivity index (χ1) is 12.8. The number of thiazole rings is 1. The smallest absolute Gasteiger partial charge is 0.294 e. The molecule has 0 aliphatic carbocycles. The summed E-state index contributed by atoms with van der Waals surface area (Å²) in [6.07, 6.45) is 1.72. The largest absolute Gasteiger partial charge is 0.308 e. The molecule has 0 aliphatic rings. The van der Waals surface area contributed by atoms with Gasteiger partial charge in [-0.2, -0.15) is 13.0 Å². The van der Waals surface area contributed by atoms with E-state index in [1.165, 1.54) is 27.4 Å². The number of anilines is 1. The molecule has 144 valence electrons. The molecular weight excluding hydrogens is 382 g/mol. The number of fused-ring (bicyclic) bond motifs is 1. The van der Waals surface area contributed by atoms with E-state index in [2.05, 4.69) is 36.6 Å². The maximum atomic E-state index is 11.2. The molecule has 3 rings (SSSR count). The highest BCUT2D eigenvalue weighted by atomic mass is 32.2. The molecule has 0 bridgehead atoms. The normalized spacial score (nSPS) is 13.0. The molecule has 1 unspecified atom stereocenters. The highest BCUT2D eigenvalue weighted by Gasteiger charge is 2.21. The van der Waals surface area contributed by atoms with Gasteiger partial charge in [-0.3, -0.25) is 4.55 Å². The molecule has 3 N–H and O–H groups in total. The first-order valence-corrected chi connectivity index (χ1v) is 11.1. The Bertz CT molecular complexity index is 1030. The van der Waals surface area contributed by atoms with Crippen LogP contribution in [0, 0.1) is 6.92 Å². The Balaban J connectivity index is 1.75. The molecule has 27 heavy (non-hydrogen) atoms. The first kappa shape index (κ1) is 19.8. The molecule has 1 aromatic heterocycles. The Kier molecular flexibility index (Phi) is 5.81. The number of rotatable bonds is 7. The van der Waals surface area contributed by atoms with Gasteiger partial charge in [-0.1, -0.05) is 30.4 Å². The summed E-state index contributed by atoms with van der Waals surface area (Å²) in [4.78, 5) is -0.136. The standard InChI is InChI=1S/C19H23N3O3S2/c1-3-15(22(20)16-8-10-17(11-9-16)27(23,24)25)12-13-21-14(2)26-19-7-5-4-6-18(19)21/h4-11,15H,3,12-13,20H2,1-2H3/p+1. The number of hydrogen-bond donors (Lipinski definition) is 2. The van der Waals surface area contributed by atoms with Gasteiger partial charge in [0.25, 0.3) is 10.1 Å². The molecule has 0 saturated heterocycles. The summed E-state index contributed by atoms with van der Waals surface area (Å²) in [6.45, 7) is 5.06. The second-order valence-electron chi connectivity index (χ2n) is 6.47. The summed E-state index contributed by atoms with van der Waals surface area (Å²) in [7, 11) is -4.20. The van der Waals surface area contributed by atoms with Crippen LogP contribution >= 0.6 is 11.3 Å². The zero-order valence-corrected chi connectivity index (χ0v) is 17.0. The van der Waals surface area contributed by atoms with Crippen molar-refractivity contribution in [2.24, 2.45) is 5.84 Å². The molecule has 0 radical (unpaired) electrons. The number of para-hydroxylation sites is 1. The van der Waals surface area contributed by atoms with E-state index in [0.717, 1.165) is 19.4 Å². The third-order valence-corrected chi connectivity index (χ3v) is 6.73. The van der Waals surface area contributed by atoms with Gasteiger partial charge in [0.15, 0.2) is 6.54 Å². The minimum absolute atomic E-state index is 0.104. The molecule has 0 saturated carbocycles. The first-order valence-electron chi connectivity index (χ1n) is 8.80. The Morgan fingerprint density at radius 3 is 2.48 bits per heavy atom. The summed E-state index contributed by atoms with van der Waals surface area (Å²) in [5, 5.41) is 2.94. The van der Waals surface area contributed by atoms with Crippen molar-refractivity contribution in [2.45, 2.75) is 44.2 Å². The lowest BCUT2D eigenvalue weighted by molar-refractivity contribution is -0.673. The van der Waals surface area contributed by atoms with Crippen LogP contribution in [0.1, 0.15) is 24.8 Å². The number of aromatic nitrogens is 1. The van der Waals surface area contributed by atoms with Crippen LogP contribution in [0.2, 0.25) is 0 Å². The van der Waals surface area contributed by atoms with Gasteiger partial charge < -0.3 is 5.01 Å². The number of hydrogen-bond acceptors (Lipinski definition) is 5. The van der Waals surface area contributed by atoms with Gasteiger partial charge in [0, 0.05) is 19.4 Å². The third-order valence-electron chi connectivity index (χ3n) is 4.78. The van der Waals surface area contributed by atoms with Crippen molar-refractivity contribution in [3.8, 4) is 0 Å². The van der Waals surface area contributed by atoms with Crippen molar-refractivity contribution >= 4 is 37.4 Å². The summed E-state index contributed by atoms with van der Waals surface area (Å²) in [5.41, 5.74) is 1.95. The van der Waals surface area contributed by atoms with Gasteiger partial charge >= 0.3 is 0 Å². The van der Waals surface area contributed by atoms with Crippen LogP contribution < -0.4 is 15.4 Å². The van der Waals surface area contributed by atoms with Gasteiger partial charge in [-0.25, -0.2) is 5.84 Å². The predicted molar refractivity (Wildman–Crippen MR) is 108 cm³/mol. The molecular formula is C19H24N3O3S2+. The molecule has 0 aliphatic heterocycles. The Labute approximate surface area is 163 Å². The van der Waals surface area contributed by atoms with Crippen molar-refractivity contribution < 1.29 is 17.5 Å². The van der Waals surface area contributed by atoms with Gasteiger partial charge in [-0.15, -0.1) is 0 Å². The Morgan fingerprint density at radius 1 is 1.19 bits per heavy atom. The van der Waals surface area contributed by atoms with E-state index in [4.69, 9.17) is 10.4 Å². The lowest BCUT2D eigenvalue weighted by atomic mass is 10.1. The van der Waals surface area contributed by atoms with E-state index in [1.807, 2.05) is 6.07 Å². The lowest BCUT2D eigenvalue weighted by Crippen LogP contribution is -2.45. The number of aryl methyl sites for hydroxylation is 2. The van der Waals surface area contributed by atoms with Crippen molar-refractivity contribution in [3.63, 3.8) is 0 Å². The fourth-order valence-corrected chi connectivity index (χ4v) is 4.77. The quantitative estimate of drug-likeness (QED) is 0.272. The minimum Gasteiger partial charge on any atom is -0.308 e. The molecule has 8 heteroatoms. The molecule has 1 atom stereocenters. The van der Waals surface area contributed by atoms with Gasteiger partial charge in [0.05, 0.1) is 16.6 Å².